The van der Waals surface area contributed by atoms with Crippen LogP contribution in [0, 0.1) is 12.3 Å². The molecule has 5 nitrogen and oxygen atoms in total. The number of nitrogens with one attached hydrogen (secondary N) is 1. The van der Waals surface area contributed by atoms with Crippen LogP contribution in [0.25, 0.3) is 10.8 Å². The van der Waals surface area contributed by atoms with E-state index in [1.54, 1.807) is 12.1 Å². The van der Waals surface area contributed by atoms with E-state index in [4.69, 9.17) is 6.42 Å². The number of hydrogen-bond donors (Lipinski definition) is 1. The summed E-state index contributed by atoms with van der Waals surface area (Å²) in [6.07, 6.45) is 5.29. The number of hydrogen-bond acceptors (Lipinski definition) is 4. The number of imide groups is 1. The maximum absolute atomic E-state index is 12.6. The Morgan fingerprint density at radius 1 is 1.12 bits per heavy atom. The summed E-state index contributed by atoms with van der Waals surface area (Å²) >= 11 is 0. The van der Waals surface area contributed by atoms with Crippen molar-refractivity contribution in [3.8, 4) is 12.3 Å². The third-order valence-electron chi connectivity index (χ3n) is 4.12. The highest BCUT2D eigenvalue weighted by Gasteiger charge is 2.32. The average molecular weight is 321 g/mol. The Labute approximate surface area is 141 Å². The molecule has 3 rings (SSSR count). The number of benzene rings is 2. The Morgan fingerprint density at radius 3 is 2.50 bits per heavy atom. The molecule has 2 aromatic carbocycles. The monoisotopic (exact) mass is 321 g/mol. The van der Waals surface area contributed by atoms with E-state index in [0.29, 0.717) is 16.5 Å². The van der Waals surface area contributed by atoms with E-state index >= 15 is 0 Å². The molecule has 2 amide bonds. The van der Waals surface area contributed by atoms with Crippen LogP contribution in [0.5, 0.6) is 0 Å². The molecule has 0 spiro atoms. The Bertz CT molecular complexity index is 843. The molecule has 0 bridgehead atoms. The molecule has 0 fully saturated rings. The van der Waals surface area contributed by atoms with Crippen molar-refractivity contribution in [1.82, 2.24) is 9.80 Å². The summed E-state index contributed by atoms with van der Waals surface area (Å²) in [5.74, 6) is 1.71. The van der Waals surface area contributed by atoms with Crippen molar-refractivity contribution in [1.29, 1.82) is 0 Å². The van der Waals surface area contributed by atoms with Crippen LogP contribution in [0.15, 0.2) is 30.3 Å². The van der Waals surface area contributed by atoms with Gasteiger partial charge >= 0.3 is 0 Å². The lowest BCUT2D eigenvalue weighted by atomic mass is 9.93. The van der Waals surface area contributed by atoms with Crippen LogP contribution in [0.2, 0.25) is 0 Å². The highest BCUT2D eigenvalue weighted by molar-refractivity contribution is 6.26. The number of terminal acetylenes is 1. The molecule has 0 aromatic heterocycles. The van der Waals surface area contributed by atoms with Crippen molar-refractivity contribution in [3.05, 3.63) is 41.5 Å². The lowest BCUT2D eigenvalue weighted by Gasteiger charge is -2.26. The molecule has 0 unspecified atom stereocenters. The summed E-state index contributed by atoms with van der Waals surface area (Å²) in [7, 11) is 4.02. The molecule has 24 heavy (non-hydrogen) atoms. The van der Waals surface area contributed by atoms with Gasteiger partial charge in [-0.25, -0.2) is 0 Å². The Kier molecular flexibility index (Phi) is 4.24. The van der Waals surface area contributed by atoms with Crippen LogP contribution in [-0.4, -0.2) is 55.3 Å². The third-order valence-corrected chi connectivity index (χ3v) is 4.12. The van der Waals surface area contributed by atoms with E-state index in [1.807, 2.05) is 32.3 Å². The molecule has 122 valence electrons. The van der Waals surface area contributed by atoms with Crippen molar-refractivity contribution in [3.63, 3.8) is 0 Å². The van der Waals surface area contributed by atoms with Crippen LogP contribution < -0.4 is 5.32 Å². The molecule has 1 aliphatic rings. The van der Waals surface area contributed by atoms with Crippen molar-refractivity contribution in [2.24, 2.45) is 0 Å². The third kappa shape index (κ3) is 2.61. The van der Waals surface area contributed by atoms with E-state index in [0.717, 1.165) is 29.1 Å². The molecule has 0 saturated carbocycles. The highest BCUT2D eigenvalue weighted by atomic mass is 16.2. The van der Waals surface area contributed by atoms with E-state index in [2.05, 4.69) is 16.1 Å². The van der Waals surface area contributed by atoms with E-state index in [9.17, 15) is 9.59 Å². The van der Waals surface area contributed by atoms with Crippen molar-refractivity contribution < 1.29 is 9.59 Å². The van der Waals surface area contributed by atoms with Gasteiger partial charge in [0.15, 0.2) is 0 Å². The summed E-state index contributed by atoms with van der Waals surface area (Å²) in [5, 5.41) is 4.96. The zero-order valence-electron chi connectivity index (χ0n) is 13.8. The summed E-state index contributed by atoms with van der Waals surface area (Å²) in [4.78, 5) is 28.4. The topological polar surface area (TPSA) is 52.7 Å². The quantitative estimate of drug-likeness (QED) is 0.676. The molecule has 0 atom stereocenters. The minimum absolute atomic E-state index is 0.0175. The number of carbonyl (C=O) groups is 2. The fraction of sp³-hybridized carbons (Fsp3) is 0.263. The highest BCUT2D eigenvalue weighted by Crippen LogP contribution is 2.34. The van der Waals surface area contributed by atoms with Crippen LogP contribution in [0.1, 0.15) is 20.7 Å². The fourth-order valence-electron chi connectivity index (χ4n) is 2.95. The van der Waals surface area contributed by atoms with Gasteiger partial charge in [-0.15, -0.1) is 6.42 Å². The van der Waals surface area contributed by atoms with Gasteiger partial charge in [-0.05, 0) is 32.3 Å². The SMILES string of the molecule is C#CCN1C(=O)c2cccc3c(NCCN(C)C)ccc(c23)C1=O. The lowest BCUT2D eigenvalue weighted by Crippen LogP contribution is -2.40. The number of nitrogens with zero attached hydrogens (tertiary/aromatic N) is 2. The van der Waals surface area contributed by atoms with Crippen LogP contribution in [0.4, 0.5) is 5.69 Å². The minimum atomic E-state index is -0.332. The summed E-state index contributed by atoms with van der Waals surface area (Å²) in [6.45, 7) is 1.64. The van der Waals surface area contributed by atoms with Gasteiger partial charge in [-0.2, -0.15) is 0 Å². The van der Waals surface area contributed by atoms with Gasteiger partial charge in [-0.3, -0.25) is 14.5 Å². The van der Waals surface area contributed by atoms with Crippen LogP contribution in [-0.2, 0) is 0 Å². The Hall–Kier alpha value is -2.84. The fourth-order valence-corrected chi connectivity index (χ4v) is 2.95. The molecule has 2 aromatic rings. The second kappa shape index (κ2) is 6.34. The minimum Gasteiger partial charge on any atom is -0.383 e. The Morgan fingerprint density at radius 2 is 1.83 bits per heavy atom. The maximum Gasteiger partial charge on any atom is 0.262 e. The molecular formula is C19H19N3O2. The number of anilines is 1. The summed E-state index contributed by atoms with van der Waals surface area (Å²) < 4.78 is 0. The van der Waals surface area contributed by atoms with Crippen molar-refractivity contribution in [2.45, 2.75) is 0 Å². The number of carbonyl (C=O) groups excluding carboxylic acids is 2. The standard InChI is InChI=1S/C19H19N3O2/c1-4-11-22-18(23)14-7-5-6-13-16(20-10-12-21(2)3)9-8-15(17(13)14)19(22)24/h1,5-9,20H,10-12H2,2-3H3. The van der Waals surface area contributed by atoms with Crippen molar-refractivity contribution >= 4 is 28.3 Å². The zero-order chi connectivity index (χ0) is 17.3. The van der Waals surface area contributed by atoms with Gasteiger partial charge in [-0.1, -0.05) is 18.1 Å². The summed E-state index contributed by atoms with van der Waals surface area (Å²) in [6, 6.07) is 9.16. The number of amides is 2. The van der Waals surface area contributed by atoms with Gasteiger partial charge < -0.3 is 10.2 Å². The molecule has 1 aliphatic heterocycles. The van der Waals surface area contributed by atoms with Gasteiger partial charge in [0.1, 0.15) is 0 Å². The smallest absolute Gasteiger partial charge is 0.262 e. The van der Waals surface area contributed by atoms with Gasteiger partial charge in [0, 0.05) is 40.7 Å². The van der Waals surface area contributed by atoms with Gasteiger partial charge in [0.05, 0.1) is 6.54 Å². The molecule has 5 heteroatoms. The summed E-state index contributed by atoms with van der Waals surface area (Å²) in [5.41, 5.74) is 1.96. The second-order valence-electron chi connectivity index (χ2n) is 6.02. The van der Waals surface area contributed by atoms with E-state index < -0.39 is 0 Å². The molecular weight excluding hydrogens is 302 g/mol. The largest absolute Gasteiger partial charge is 0.383 e. The molecule has 1 heterocycles. The number of rotatable bonds is 5. The maximum atomic E-state index is 12.6. The predicted molar refractivity (Wildman–Crippen MR) is 95.2 cm³/mol. The van der Waals surface area contributed by atoms with Crippen LogP contribution in [0.3, 0.4) is 0 Å². The number of likely N-dealkylation sites (N-methyl/N-ethyl adjacent to an activating group) is 1. The molecule has 1 N–H and O–H groups in total. The van der Waals surface area contributed by atoms with Gasteiger partial charge in [0.2, 0.25) is 0 Å². The molecule has 0 radical (unpaired) electrons. The van der Waals surface area contributed by atoms with Gasteiger partial charge in [0.25, 0.3) is 11.8 Å². The normalized spacial score (nSPS) is 13.5. The first-order valence-electron chi connectivity index (χ1n) is 7.78. The van der Waals surface area contributed by atoms with E-state index in [1.165, 1.54) is 0 Å². The first-order chi connectivity index (χ1) is 11.5. The zero-order valence-corrected chi connectivity index (χ0v) is 13.8. The van der Waals surface area contributed by atoms with E-state index in [-0.39, 0.29) is 18.4 Å². The average Bonchev–Trinajstić information content (AvgIpc) is 2.57. The second-order valence-corrected chi connectivity index (χ2v) is 6.02. The lowest BCUT2D eigenvalue weighted by molar-refractivity contribution is 0.0632. The molecule has 0 saturated heterocycles. The predicted octanol–water partition coefficient (Wildman–Crippen LogP) is 2.04. The molecule has 0 aliphatic carbocycles. The first-order valence-corrected chi connectivity index (χ1v) is 7.78. The first kappa shape index (κ1) is 16.0. The van der Waals surface area contributed by atoms with Crippen molar-refractivity contribution in [2.75, 3.05) is 39.0 Å². The Balaban J connectivity index is 2.08. The van der Waals surface area contributed by atoms with Crippen LogP contribution >= 0.6 is 0 Å².